The fourth-order valence-corrected chi connectivity index (χ4v) is 1.72. The quantitative estimate of drug-likeness (QED) is 0.783. The van der Waals surface area contributed by atoms with Gasteiger partial charge in [0.2, 0.25) is 12.2 Å². The maximum Gasteiger partial charge on any atom is 0.214 e. The van der Waals surface area contributed by atoms with Crippen molar-refractivity contribution in [3.8, 4) is 11.4 Å². The maximum atomic E-state index is 9.82. The summed E-state index contributed by atoms with van der Waals surface area (Å²) in [7, 11) is 3.82. The molecule has 102 valence electrons. The molecule has 7 nitrogen and oxygen atoms in total. The summed E-state index contributed by atoms with van der Waals surface area (Å²) in [5.41, 5.74) is 0.744. The minimum Gasteiger partial charge on any atom is -0.390 e. The van der Waals surface area contributed by atoms with Crippen LogP contribution in [-0.4, -0.2) is 58.4 Å². The molecular weight excluding hydrogens is 246 g/mol. The van der Waals surface area contributed by atoms with Crippen LogP contribution in [0.5, 0.6) is 0 Å². The van der Waals surface area contributed by atoms with Crippen molar-refractivity contribution >= 4 is 5.82 Å². The summed E-state index contributed by atoms with van der Waals surface area (Å²) in [6.07, 6.45) is 2.46. The van der Waals surface area contributed by atoms with E-state index in [1.165, 1.54) is 6.39 Å². The van der Waals surface area contributed by atoms with Crippen molar-refractivity contribution in [2.24, 2.45) is 0 Å². The molecule has 2 aromatic rings. The fourth-order valence-electron chi connectivity index (χ4n) is 1.72. The Balaban J connectivity index is 2.05. The van der Waals surface area contributed by atoms with Crippen LogP contribution in [0.1, 0.15) is 0 Å². The van der Waals surface area contributed by atoms with Gasteiger partial charge in [0.25, 0.3) is 0 Å². The number of anilines is 1. The van der Waals surface area contributed by atoms with E-state index in [1.54, 1.807) is 12.3 Å². The Labute approximate surface area is 111 Å². The van der Waals surface area contributed by atoms with E-state index in [9.17, 15) is 5.11 Å². The highest BCUT2D eigenvalue weighted by Crippen LogP contribution is 2.21. The molecule has 19 heavy (non-hydrogen) atoms. The van der Waals surface area contributed by atoms with E-state index in [2.05, 4.69) is 20.4 Å². The molecule has 0 aliphatic heterocycles. The summed E-state index contributed by atoms with van der Waals surface area (Å²) in [5, 5.41) is 16.7. The van der Waals surface area contributed by atoms with Crippen LogP contribution in [0.2, 0.25) is 0 Å². The van der Waals surface area contributed by atoms with Crippen LogP contribution in [0.3, 0.4) is 0 Å². The number of hydrogen-bond acceptors (Lipinski definition) is 7. The molecule has 0 bridgehead atoms. The summed E-state index contributed by atoms with van der Waals surface area (Å²) in [6, 6.07) is 3.64. The third-order valence-electron chi connectivity index (χ3n) is 2.49. The molecule has 2 N–H and O–H groups in total. The third kappa shape index (κ3) is 3.73. The van der Waals surface area contributed by atoms with Gasteiger partial charge in [-0.05, 0) is 26.2 Å². The van der Waals surface area contributed by atoms with Crippen molar-refractivity contribution in [1.29, 1.82) is 0 Å². The number of aliphatic hydroxyl groups is 1. The van der Waals surface area contributed by atoms with Crippen molar-refractivity contribution in [3.05, 3.63) is 24.7 Å². The van der Waals surface area contributed by atoms with Gasteiger partial charge in [0.15, 0.2) is 0 Å². The normalized spacial score (nSPS) is 12.6. The molecule has 2 aromatic heterocycles. The zero-order valence-electron chi connectivity index (χ0n) is 10.9. The van der Waals surface area contributed by atoms with E-state index in [-0.39, 0.29) is 0 Å². The lowest BCUT2D eigenvalue weighted by Gasteiger charge is -2.17. The smallest absolute Gasteiger partial charge is 0.214 e. The summed E-state index contributed by atoms with van der Waals surface area (Å²) >= 11 is 0. The van der Waals surface area contributed by atoms with E-state index < -0.39 is 6.10 Å². The molecular formula is C12H17N5O2. The molecule has 0 saturated carbocycles. The summed E-state index contributed by atoms with van der Waals surface area (Å²) < 4.78 is 4.73. The molecule has 0 aliphatic rings. The molecule has 0 saturated heterocycles. The van der Waals surface area contributed by atoms with Crippen molar-refractivity contribution in [1.82, 2.24) is 20.0 Å². The zero-order valence-corrected chi connectivity index (χ0v) is 10.9. The Morgan fingerprint density at radius 3 is 2.95 bits per heavy atom. The monoisotopic (exact) mass is 263 g/mol. The average molecular weight is 263 g/mol. The number of nitrogens with one attached hydrogen (secondary N) is 1. The van der Waals surface area contributed by atoms with E-state index in [4.69, 9.17) is 4.52 Å². The summed E-state index contributed by atoms with van der Waals surface area (Å²) in [5.74, 6) is 1.10. The van der Waals surface area contributed by atoms with Gasteiger partial charge in [-0.25, -0.2) is 4.98 Å². The van der Waals surface area contributed by atoms with Crippen molar-refractivity contribution in [2.75, 3.05) is 32.5 Å². The SMILES string of the molecule is CN(C)C[C@H](O)CNc1ncccc1-c1ncon1. The number of aliphatic hydroxyl groups excluding tert-OH is 1. The highest BCUT2D eigenvalue weighted by Gasteiger charge is 2.12. The number of likely N-dealkylation sites (N-methyl/N-ethyl adjacent to an activating group) is 1. The second kappa shape index (κ2) is 6.26. The van der Waals surface area contributed by atoms with Gasteiger partial charge in [0, 0.05) is 19.3 Å². The number of rotatable bonds is 6. The molecule has 0 aromatic carbocycles. The highest BCUT2D eigenvalue weighted by molar-refractivity contribution is 5.69. The second-order valence-corrected chi connectivity index (χ2v) is 4.45. The molecule has 0 spiro atoms. The first-order valence-electron chi connectivity index (χ1n) is 5.95. The number of hydrogen-bond donors (Lipinski definition) is 2. The van der Waals surface area contributed by atoms with Gasteiger partial charge < -0.3 is 19.8 Å². The lowest BCUT2D eigenvalue weighted by atomic mass is 10.2. The number of nitrogens with zero attached hydrogens (tertiary/aromatic N) is 4. The predicted molar refractivity (Wildman–Crippen MR) is 70.6 cm³/mol. The molecule has 0 amide bonds. The summed E-state index contributed by atoms with van der Waals surface area (Å²) in [6.45, 7) is 0.984. The third-order valence-corrected chi connectivity index (χ3v) is 2.49. The van der Waals surface area contributed by atoms with Crippen molar-refractivity contribution in [3.63, 3.8) is 0 Å². The first-order valence-corrected chi connectivity index (χ1v) is 5.95. The van der Waals surface area contributed by atoms with Gasteiger partial charge in [0.05, 0.1) is 11.7 Å². The maximum absolute atomic E-state index is 9.82. The molecule has 1 atom stereocenters. The van der Waals surface area contributed by atoms with Crippen LogP contribution in [0.15, 0.2) is 29.2 Å². The van der Waals surface area contributed by atoms with E-state index in [1.807, 2.05) is 25.1 Å². The lowest BCUT2D eigenvalue weighted by Crippen LogP contribution is -2.31. The molecule has 0 aliphatic carbocycles. The van der Waals surface area contributed by atoms with Gasteiger partial charge in [-0.2, -0.15) is 4.98 Å². The number of pyridine rings is 1. The van der Waals surface area contributed by atoms with Crippen LogP contribution in [0.25, 0.3) is 11.4 Å². The minimum atomic E-state index is -0.477. The first kappa shape index (κ1) is 13.4. The van der Waals surface area contributed by atoms with Crippen molar-refractivity contribution in [2.45, 2.75) is 6.10 Å². The van der Waals surface area contributed by atoms with Gasteiger partial charge in [-0.15, -0.1) is 0 Å². The van der Waals surface area contributed by atoms with Gasteiger partial charge in [-0.3, -0.25) is 0 Å². The predicted octanol–water partition coefficient (Wildman–Crippen LogP) is 0.466. The summed E-state index contributed by atoms with van der Waals surface area (Å²) in [4.78, 5) is 10.1. The Morgan fingerprint density at radius 1 is 1.42 bits per heavy atom. The Bertz CT molecular complexity index is 501. The van der Waals surface area contributed by atoms with E-state index in [0.29, 0.717) is 24.7 Å². The molecule has 0 fully saturated rings. The van der Waals surface area contributed by atoms with Crippen LogP contribution >= 0.6 is 0 Å². The van der Waals surface area contributed by atoms with Crippen molar-refractivity contribution < 1.29 is 9.63 Å². The standard InChI is InChI=1S/C12H17N5O2/c1-17(2)7-9(18)6-14-11-10(4-3-5-13-11)12-15-8-19-16-12/h3-5,8-9,18H,6-7H2,1-2H3,(H,13,14)/t9-/m1/s1. The largest absolute Gasteiger partial charge is 0.390 e. The fraction of sp³-hybridized carbons (Fsp3) is 0.417. The molecule has 0 unspecified atom stereocenters. The van der Waals surface area contributed by atoms with Gasteiger partial charge >= 0.3 is 0 Å². The Hall–Kier alpha value is -1.99. The zero-order chi connectivity index (χ0) is 13.7. The Morgan fingerprint density at radius 2 is 2.26 bits per heavy atom. The number of aromatic nitrogens is 3. The van der Waals surface area contributed by atoms with Gasteiger partial charge in [0.1, 0.15) is 5.82 Å². The molecule has 2 rings (SSSR count). The second-order valence-electron chi connectivity index (χ2n) is 4.45. The van der Waals surface area contributed by atoms with Gasteiger partial charge in [-0.1, -0.05) is 5.16 Å². The average Bonchev–Trinajstić information content (AvgIpc) is 2.89. The molecule has 2 heterocycles. The van der Waals surface area contributed by atoms with Crippen LogP contribution in [0, 0.1) is 0 Å². The Kier molecular flexibility index (Phi) is 4.43. The van der Waals surface area contributed by atoms with Crippen LogP contribution in [0.4, 0.5) is 5.82 Å². The first-order chi connectivity index (χ1) is 9.16. The van der Waals surface area contributed by atoms with Crippen LogP contribution in [-0.2, 0) is 0 Å². The molecule has 0 radical (unpaired) electrons. The van der Waals surface area contributed by atoms with E-state index >= 15 is 0 Å². The highest BCUT2D eigenvalue weighted by atomic mass is 16.5. The van der Waals surface area contributed by atoms with E-state index in [0.717, 1.165) is 5.56 Å². The van der Waals surface area contributed by atoms with Crippen LogP contribution < -0.4 is 5.32 Å². The lowest BCUT2D eigenvalue weighted by molar-refractivity contribution is 0.148. The topological polar surface area (TPSA) is 87.3 Å². The molecule has 7 heteroatoms. The minimum absolute atomic E-state index is 0.403.